The number of carbonyl (C=O) groups is 1. The molecule has 0 atom stereocenters. The Bertz CT molecular complexity index is 698. The van der Waals surface area contributed by atoms with Gasteiger partial charge in [-0.05, 0) is 32.0 Å². The highest BCUT2D eigenvalue weighted by Crippen LogP contribution is 2.49. The standard InChI is InChI=1S/C17H26NO9P/c1-6-25-28(20,26-7-2)27-18-16(17(19)24-11-10-21-3)13-8-9-14(22-4)15(12-13)23-5/h8-9,12H,6-7,10-11H2,1-5H3/b18-16-. The summed E-state index contributed by atoms with van der Waals surface area (Å²) < 4.78 is 47.8. The van der Waals surface area contributed by atoms with Crippen LogP contribution in [0.25, 0.3) is 0 Å². The number of esters is 1. The maximum atomic E-state index is 12.5. The summed E-state index contributed by atoms with van der Waals surface area (Å²) in [5.74, 6) is -0.00687. The lowest BCUT2D eigenvalue weighted by atomic mass is 10.1. The maximum absolute atomic E-state index is 12.5. The Morgan fingerprint density at radius 1 is 1.00 bits per heavy atom. The van der Waals surface area contributed by atoms with E-state index in [0.29, 0.717) is 17.1 Å². The molecule has 0 spiro atoms. The fourth-order valence-corrected chi connectivity index (χ4v) is 2.95. The quantitative estimate of drug-likeness (QED) is 0.157. The molecular weight excluding hydrogens is 393 g/mol. The van der Waals surface area contributed by atoms with Gasteiger partial charge < -0.3 is 18.9 Å². The lowest BCUT2D eigenvalue weighted by Gasteiger charge is -2.15. The summed E-state index contributed by atoms with van der Waals surface area (Å²) in [6.07, 6.45) is 0. The van der Waals surface area contributed by atoms with Crippen molar-refractivity contribution in [3.05, 3.63) is 23.8 Å². The van der Waals surface area contributed by atoms with E-state index in [2.05, 4.69) is 5.16 Å². The Morgan fingerprint density at radius 3 is 2.18 bits per heavy atom. The van der Waals surface area contributed by atoms with Gasteiger partial charge in [-0.2, -0.15) is 0 Å². The summed E-state index contributed by atoms with van der Waals surface area (Å²) in [4.78, 5) is 12.5. The van der Waals surface area contributed by atoms with Crippen molar-refractivity contribution >= 4 is 19.5 Å². The number of hydrogen-bond acceptors (Lipinski definition) is 10. The summed E-state index contributed by atoms with van der Waals surface area (Å²) in [6.45, 7) is 3.56. The van der Waals surface area contributed by atoms with E-state index in [1.54, 1.807) is 26.0 Å². The number of carbonyl (C=O) groups excluding carboxylic acids is 1. The Labute approximate surface area is 164 Å². The highest BCUT2D eigenvalue weighted by Gasteiger charge is 2.29. The van der Waals surface area contributed by atoms with E-state index < -0.39 is 13.8 Å². The van der Waals surface area contributed by atoms with Crippen molar-refractivity contribution in [3.63, 3.8) is 0 Å². The third-order valence-corrected chi connectivity index (χ3v) is 4.61. The molecule has 0 unspecified atom stereocenters. The molecular formula is C17H26NO9P. The first-order chi connectivity index (χ1) is 13.4. The molecule has 1 aromatic rings. The SMILES string of the molecule is CCOP(=O)(OCC)O/N=C(\C(=O)OCCOC)c1ccc(OC)c(OC)c1. The predicted octanol–water partition coefficient (Wildman–Crippen LogP) is 2.80. The molecule has 158 valence electrons. The van der Waals surface area contributed by atoms with Crippen LogP contribution in [0, 0.1) is 0 Å². The molecule has 0 aliphatic rings. The second-order valence-corrected chi connectivity index (χ2v) is 6.58. The summed E-state index contributed by atoms with van der Waals surface area (Å²) in [5, 5.41) is 3.70. The van der Waals surface area contributed by atoms with Gasteiger partial charge in [-0.3, -0.25) is 13.7 Å². The van der Waals surface area contributed by atoms with E-state index in [1.165, 1.54) is 27.4 Å². The molecule has 0 saturated carbocycles. The maximum Gasteiger partial charge on any atom is 0.550 e. The van der Waals surface area contributed by atoms with Crippen molar-refractivity contribution in [2.75, 3.05) is 47.8 Å². The molecule has 0 radical (unpaired) electrons. The number of benzene rings is 1. The van der Waals surface area contributed by atoms with E-state index in [-0.39, 0.29) is 32.1 Å². The molecule has 0 amide bonds. The van der Waals surface area contributed by atoms with E-state index in [1.807, 2.05) is 0 Å². The largest absolute Gasteiger partial charge is 0.550 e. The molecule has 0 aliphatic carbocycles. The van der Waals surface area contributed by atoms with Gasteiger partial charge >= 0.3 is 13.8 Å². The van der Waals surface area contributed by atoms with Crippen molar-refractivity contribution in [1.82, 2.24) is 0 Å². The fourth-order valence-electron chi connectivity index (χ4n) is 1.97. The van der Waals surface area contributed by atoms with Crippen molar-refractivity contribution in [2.45, 2.75) is 13.8 Å². The number of oxime groups is 1. The Morgan fingerprint density at radius 2 is 1.64 bits per heavy atom. The van der Waals surface area contributed by atoms with Crippen molar-refractivity contribution < 1.29 is 42.0 Å². The van der Waals surface area contributed by atoms with Crippen molar-refractivity contribution in [2.24, 2.45) is 5.16 Å². The minimum atomic E-state index is -3.98. The Kier molecular flexibility index (Phi) is 10.5. The third-order valence-electron chi connectivity index (χ3n) is 3.18. The highest BCUT2D eigenvalue weighted by molar-refractivity contribution is 7.48. The predicted molar refractivity (Wildman–Crippen MR) is 101 cm³/mol. The number of phosphoric acid groups is 1. The van der Waals surface area contributed by atoms with Gasteiger partial charge in [0.1, 0.15) is 6.61 Å². The zero-order valence-electron chi connectivity index (χ0n) is 16.6. The highest BCUT2D eigenvalue weighted by atomic mass is 31.2. The first-order valence-corrected chi connectivity index (χ1v) is 9.95. The third kappa shape index (κ3) is 7.12. The van der Waals surface area contributed by atoms with Crippen LogP contribution in [-0.2, 0) is 32.5 Å². The van der Waals surface area contributed by atoms with Gasteiger partial charge in [0.05, 0.1) is 34.0 Å². The van der Waals surface area contributed by atoms with Crippen LogP contribution in [-0.4, -0.2) is 59.4 Å². The van der Waals surface area contributed by atoms with Gasteiger partial charge in [-0.15, -0.1) is 0 Å². The monoisotopic (exact) mass is 419 g/mol. The van der Waals surface area contributed by atoms with Crippen molar-refractivity contribution in [1.29, 1.82) is 0 Å². The molecule has 10 nitrogen and oxygen atoms in total. The number of hydrogen-bond donors (Lipinski definition) is 0. The minimum absolute atomic E-state index is 0.00375. The van der Waals surface area contributed by atoms with E-state index in [9.17, 15) is 9.36 Å². The van der Waals surface area contributed by atoms with Crippen LogP contribution in [0.2, 0.25) is 0 Å². The minimum Gasteiger partial charge on any atom is -0.493 e. The van der Waals surface area contributed by atoms with Gasteiger partial charge in [-0.25, -0.2) is 9.36 Å². The molecule has 0 fully saturated rings. The van der Waals surface area contributed by atoms with Gasteiger partial charge in [-0.1, -0.05) is 5.16 Å². The number of phosphoric ester groups is 1. The number of methoxy groups -OCH3 is 3. The number of nitrogens with zero attached hydrogens (tertiary/aromatic N) is 1. The zero-order chi connectivity index (χ0) is 21.0. The lowest BCUT2D eigenvalue weighted by molar-refractivity contribution is -0.136. The molecule has 1 aromatic carbocycles. The van der Waals surface area contributed by atoms with E-state index >= 15 is 0 Å². The van der Waals surface area contributed by atoms with Crippen molar-refractivity contribution in [3.8, 4) is 11.5 Å². The van der Waals surface area contributed by atoms with Crippen LogP contribution in [0.4, 0.5) is 0 Å². The van der Waals surface area contributed by atoms with Crippen LogP contribution < -0.4 is 9.47 Å². The summed E-state index contributed by atoms with van der Waals surface area (Å²) in [7, 11) is 0.428. The van der Waals surface area contributed by atoms with Crippen LogP contribution in [0.3, 0.4) is 0 Å². The van der Waals surface area contributed by atoms with Crippen LogP contribution >= 0.6 is 7.82 Å². The second kappa shape index (κ2) is 12.4. The molecule has 0 N–H and O–H groups in total. The number of ether oxygens (including phenoxy) is 4. The average molecular weight is 419 g/mol. The summed E-state index contributed by atoms with van der Waals surface area (Å²) in [5.41, 5.74) is 0.0382. The topological polar surface area (TPSA) is 111 Å². The summed E-state index contributed by atoms with van der Waals surface area (Å²) in [6, 6.07) is 4.63. The lowest BCUT2D eigenvalue weighted by Crippen LogP contribution is -2.21. The van der Waals surface area contributed by atoms with Gasteiger partial charge in [0.25, 0.3) is 0 Å². The first kappa shape index (κ1) is 23.9. The molecule has 0 saturated heterocycles. The van der Waals surface area contributed by atoms with Crippen LogP contribution in [0.15, 0.2) is 23.4 Å². The molecule has 0 aromatic heterocycles. The summed E-state index contributed by atoms with van der Waals surface area (Å²) >= 11 is 0. The van der Waals surface area contributed by atoms with Crippen LogP contribution in [0.1, 0.15) is 19.4 Å². The Balaban J connectivity index is 3.25. The molecule has 1 rings (SSSR count). The normalized spacial score (nSPS) is 11.8. The van der Waals surface area contributed by atoms with Gasteiger partial charge in [0.2, 0.25) is 0 Å². The molecule has 11 heteroatoms. The van der Waals surface area contributed by atoms with Crippen LogP contribution in [0.5, 0.6) is 11.5 Å². The van der Waals surface area contributed by atoms with E-state index in [0.717, 1.165) is 0 Å². The molecule has 28 heavy (non-hydrogen) atoms. The fraction of sp³-hybridized carbons (Fsp3) is 0.529. The first-order valence-electron chi connectivity index (χ1n) is 8.48. The zero-order valence-corrected chi connectivity index (χ0v) is 17.5. The van der Waals surface area contributed by atoms with E-state index in [4.69, 9.17) is 32.6 Å². The number of rotatable bonds is 13. The van der Waals surface area contributed by atoms with Gasteiger partial charge in [0, 0.05) is 12.7 Å². The average Bonchev–Trinajstić information content (AvgIpc) is 2.68. The van der Waals surface area contributed by atoms with Gasteiger partial charge in [0.15, 0.2) is 17.2 Å². The smallest absolute Gasteiger partial charge is 0.493 e. The molecule has 0 aliphatic heterocycles. The second-order valence-electron chi connectivity index (χ2n) is 5.00. The molecule has 0 heterocycles. The molecule has 0 bridgehead atoms. The Hall–Kier alpha value is -2.13.